The molecule has 2 rings (SSSR count). The highest BCUT2D eigenvalue weighted by molar-refractivity contribution is 8.00. The van der Waals surface area contributed by atoms with Crippen LogP contribution >= 0.6 is 11.8 Å². The van der Waals surface area contributed by atoms with Crippen molar-refractivity contribution in [2.45, 2.75) is 68.3 Å². The van der Waals surface area contributed by atoms with Crippen molar-refractivity contribution in [1.29, 1.82) is 5.26 Å². The van der Waals surface area contributed by atoms with Crippen LogP contribution in [0.3, 0.4) is 0 Å². The molecule has 1 aliphatic carbocycles. The van der Waals surface area contributed by atoms with E-state index < -0.39 is 0 Å². The lowest BCUT2D eigenvalue weighted by molar-refractivity contribution is 0.350. The molecule has 1 fully saturated rings. The van der Waals surface area contributed by atoms with Crippen molar-refractivity contribution in [1.82, 2.24) is 0 Å². The molecule has 144 valence electrons. The number of methoxy groups -OCH3 is 2. The van der Waals surface area contributed by atoms with Crippen LogP contribution in [0.4, 0.5) is 0 Å². The van der Waals surface area contributed by atoms with E-state index >= 15 is 0 Å². The number of nitrogens with zero attached hydrogens (tertiary/aromatic N) is 1. The SMILES string of the molecule is COc1ccc(C(C#N)SC2CCCCC2)c(CCCCCN)c1OC. The van der Waals surface area contributed by atoms with E-state index in [-0.39, 0.29) is 5.25 Å². The molecule has 1 aromatic rings. The summed E-state index contributed by atoms with van der Waals surface area (Å²) in [5.74, 6) is 1.52. The van der Waals surface area contributed by atoms with Crippen LogP contribution in [0.5, 0.6) is 11.5 Å². The monoisotopic (exact) mass is 376 g/mol. The van der Waals surface area contributed by atoms with Gasteiger partial charge in [-0.2, -0.15) is 5.26 Å². The number of rotatable bonds is 10. The van der Waals surface area contributed by atoms with Crippen LogP contribution in [-0.2, 0) is 6.42 Å². The second kappa shape index (κ2) is 11.4. The van der Waals surface area contributed by atoms with Crippen LogP contribution in [0.15, 0.2) is 12.1 Å². The number of thioether (sulfide) groups is 1. The minimum Gasteiger partial charge on any atom is -0.493 e. The van der Waals surface area contributed by atoms with Gasteiger partial charge in [-0.15, -0.1) is 11.8 Å². The molecule has 0 bridgehead atoms. The Kier molecular flexibility index (Phi) is 9.14. The van der Waals surface area contributed by atoms with Gasteiger partial charge in [-0.25, -0.2) is 0 Å². The van der Waals surface area contributed by atoms with Gasteiger partial charge in [0.2, 0.25) is 0 Å². The number of benzene rings is 1. The fourth-order valence-electron chi connectivity index (χ4n) is 3.70. The lowest BCUT2D eigenvalue weighted by Crippen LogP contribution is -2.11. The normalized spacial score (nSPS) is 16.1. The Labute approximate surface area is 162 Å². The summed E-state index contributed by atoms with van der Waals surface area (Å²) in [7, 11) is 3.34. The average molecular weight is 377 g/mol. The average Bonchev–Trinajstić information content (AvgIpc) is 2.69. The van der Waals surface area contributed by atoms with Crippen LogP contribution in [0, 0.1) is 11.3 Å². The molecule has 1 aromatic carbocycles. The first-order valence-electron chi connectivity index (χ1n) is 9.74. The van der Waals surface area contributed by atoms with Crippen LogP contribution < -0.4 is 15.2 Å². The van der Waals surface area contributed by atoms with E-state index in [4.69, 9.17) is 15.2 Å². The van der Waals surface area contributed by atoms with Crippen LogP contribution in [0.1, 0.15) is 67.7 Å². The summed E-state index contributed by atoms with van der Waals surface area (Å²) in [6, 6.07) is 6.54. The number of nitrogens with two attached hydrogens (primary N) is 1. The summed E-state index contributed by atoms with van der Waals surface area (Å²) in [4.78, 5) is 0. The summed E-state index contributed by atoms with van der Waals surface area (Å²) in [5, 5.41) is 10.3. The Balaban J connectivity index is 2.26. The minimum atomic E-state index is -0.151. The van der Waals surface area contributed by atoms with Crippen molar-refractivity contribution in [2.24, 2.45) is 5.73 Å². The highest BCUT2D eigenvalue weighted by Crippen LogP contribution is 2.44. The molecule has 4 nitrogen and oxygen atoms in total. The van der Waals surface area contributed by atoms with Gasteiger partial charge in [0.05, 0.1) is 20.3 Å². The first kappa shape index (κ1) is 20.9. The predicted octanol–water partition coefficient (Wildman–Crippen LogP) is 5.01. The molecule has 1 aliphatic rings. The van der Waals surface area contributed by atoms with Gasteiger partial charge in [0.25, 0.3) is 0 Å². The van der Waals surface area contributed by atoms with Gasteiger partial charge in [0.15, 0.2) is 11.5 Å². The van der Waals surface area contributed by atoms with E-state index in [2.05, 4.69) is 12.1 Å². The van der Waals surface area contributed by atoms with Crippen molar-refractivity contribution >= 4 is 11.8 Å². The molecule has 1 atom stereocenters. The largest absolute Gasteiger partial charge is 0.493 e. The van der Waals surface area contributed by atoms with E-state index in [1.165, 1.54) is 32.1 Å². The fraction of sp³-hybridized carbons (Fsp3) is 0.667. The van der Waals surface area contributed by atoms with Gasteiger partial charge >= 0.3 is 0 Å². The highest BCUT2D eigenvalue weighted by Gasteiger charge is 2.25. The number of unbranched alkanes of at least 4 members (excludes halogenated alkanes) is 2. The zero-order valence-electron chi connectivity index (χ0n) is 16.1. The van der Waals surface area contributed by atoms with Crippen molar-refractivity contribution in [3.8, 4) is 17.6 Å². The molecule has 5 heteroatoms. The standard InChI is InChI=1S/C21H32N2O2S/c1-24-19-13-12-17(18(21(19)25-2)11-7-4-8-14-22)20(15-23)26-16-9-5-3-6-10-16/h12-13,16,20H,3-11,14,22H2,1-2H3. The highest BCUT2D eigenvalue weighted by atomic mass is 32.2. The zero-order chi connectivity index (χ0) is 18.8. The molecule has 1 unspecified atom stereocenters. The van der Waals surface area contributed by atoms with Gasteiger partial charge in [-0.3, -0.25) is 0 Å². The van der Waals surface area contributed by atoms with Gasteiger partial charge in [-0.1, -0.05) is 31.7 Å². The second-order valence-corrected chi connectivity index (χ2v) is 8.28. The molecule has 0 heterocycles. The Morgan fingerprint density at radius 1 is 1.15 bits per heavy atom. The Morgan fingerprint density at radius 2 is 1.92 bits per heavy atom. The summed E-state index contributed by atoms with van der Waals surface area (Å²) >= 11 is 1.83. The van der Waals surface area contributed by atoms with E-state index in [0.717, 1.165) is 54.9 Å². The Bertz CT molecular complexity index is 594. The van der Waals surface area contributed by atoms with Gasteiger partial charge in [0.1, 0.15) is 5.25 Å². The number of hydrogen-bond acceptors (Lipinski definition) is 5. The van der Waals surface area contributed by atoms with Crippen LogP contribution in [0.2, 0.25) is 0 Å². The Hall–Kier alpha value is -1.38. The van der Waals surface area contributed by atoms with Crippen molar-refractivity contribution in [3.63, 3.8) is 0 Å². The number of hydrogen-bond donors (Lipinski definition) is 1. The topological polar surface area (TPSA) is 68.3 Å². The third kappa shape index (κ3) is 5.56. The maximum Gasteiger partial charge on any atom is 0.164 e. The molecule has 1 saturated carbocycles. The molecule has 2 N–H and O–H groups in total. The molecule has 0 spiro atoms. The number of nitriles is 1. The van der Waals surface area contributed by atoms with Crippen molar-refractivity contribution in [3.05, 3.63) is 23.3 Å². The van der Waals surface area contributed by atoms with E-state index in [1.54, 1.807) is 14.2 Å². The Morgan fingerprint density at radius 3 is 2.54 bits per heavy atom. The van der Waals surface area contributed by atoms with Gasteiger partial charge in [0, 0.05) is 10.8 Å². The molecule has 0 amide bonds. The van der Waals surface area contributed by atoms with Gasteiger partial charge < -0.3 is 15.2 Å². The lowest BCUT2D eigenvalue weighted by atomic mass is 9.97. The maximum absolute atomic E-state index is 9.87. The maximum atomic E-state index is 9.87. The first-order chi connectivity index (χ1) is 12.7. The molecule has 0 aliphatic heterocycles. The fourth-order valence-corrected chi connectivity index (χ4v) is 5.12. The molecule has 0 saturated heterocycles. The summed E-state index contributed by atoms with van der Waals surface area (Å²) < 4.78 is 11.2. The molecular formula is C21H32N2O2S. The van der Waals surface area contributed by atoms with Crippen LogP contribution in [0.25, 0.3) is 0 Å². The van der Waals surface area contributed by atoms with Crippen molar-refractivity contribution < 1.29 is 9.47 Å². The molecular weight excluding hydrogens is 344 g/mol. The summed E-state index contributed by atoms with van der Waals surface area (Å²) in [6.07, 6.45) is 10.4. The minimum absolute atomic E-state index is 0.151. The first-order valence-corrected chi connectivity index (χ1v) is 10.7. The smallest absolute Gasteiger partial charge is 0.164 e. The van der Waals surface area contributed by atoms with E-state index in [9.17, 15) is 5.26 Å². The lowest BCUT2D eigenvalue weighted by Gasteiger charge is -2.25. The quantitative estimate of drug-likeness (QED) is 0.582. The predicted molar refractivity (Wildman–Crippen MR) is 109 cm³/mol. The second-order valence-electron chi connectivity index (χ2n) is 6.87. The van der Waals surface area contributed by atoms with E-state index in [1.807, 2.05) is 17.8 Å². The summed E-state index contributed by atoms with van der Waals surface area (Å²) in [6.45, 7) is 0.723. The molecule has 0 aromatic heterocycles. The van der Waals surface area contributed by atoms with Crippen LogP contribution in [-0.4, -0.2) is 26.0 Å². The van der Waals surface area contributed by atoms with E-state index in [0.29, 0.717) is 5.25 Å². The third-order valence-corrected chi connectivity index (χ3v) is 6.58. The number of ether oxygens (including phenoxy) is 2. The zero-order valence-corrected chi connectivity index (χ0v) is 16.9. The van der Waals surface area contributed by atoms with Crippen molar-refractivity contribution in [2.75, 3.05) is 20.8 Å². The summed E-state index contributed by atoms with van der Waals surface area (Å²) in [5.41, 5.74) is 7.84. The molecule has 26 heavy (non-hydrogen) atoms. The van der Waals surface area contributed by atoms with Gasteiger partial charge in [-0.05, 0) is 50.3 Å². The third-order valence-electron chi connectivity index (χ3n) is 5.10. The molecule has 0 radical (unpaired) electrons.